The lowest BCUT2D eigenvalue weighted by atomic mass is 10.1. The molecule has 104 valence electrons. The molecule has 2 N–H and O–H groups in total. The first-order chi connectivity index (χ1) is 8.83. The van der Waals surface area contributed by atoms with Crippen molar-refractivity contribution in [1.29, 1.82) is 0 Å². The molecule has 19 heavy (non-hydrogen) atoms. The van der Waals surface area contributed by atoms with Crippen molar-refractivity contribution in [3.05, 3.63) is 34.9 Å². The number of hydrogen-bond donors (Lipinski definition) is 2. The van der Waals surface area contributed by atoms with E-state index in [0.29, 0.717) is 6.54 Å². The molecule has 2 aliphatic heterocycles. The molecule has 1 atom stereocenters. The Hall–Kier alpha value is -0.710. The lowest BCUT2D eigenvalue weighted by Gasteiger charge is -2.10. The van der Waals surface area contributed by atoms with Crippen LogP contribution < -0.4 is 10.6 Å². The third-order valence-corrected chi connectivity index (χ3v) is 4.97. The minimum absolute atomic E-state index is 0. The third kappa shape index (κ3) is 3.44. The first-order valence-electron chi connectivity index (χ1n) is 6.53. The van der Waals surface area contributed by atoms with Crippen molar-refractivity contribution in [3.63, 3.8) is 0 Å². The van der Waals surface area contributed by atoms with Gasteiger partial charge in [0.25, 0.3) is 0 Å². The van der Waals surface area contributed by atoms with E-state index in [4.69, 9.17) is 0 Å². The first-order valence-corrected chi connectivity index (χ1v) is 7.58. The van der Waals surface area contributed by atoms with Crippen LogP contribution in [0.2, 0.25) is 0 Å². The summed E-state index contributed by atoms with van der Waals surface area (Å²) < 4.78 is 0. The zero-order valence-electron chi connectivity index (χ0n) is 10.8. The number of carbonyl (C=O) groups excluding carboxylic acids is 1. The van der Waals surface area contributed by atoms with Crippen LogP contribution in [0.5, 0.6) is 0 Å². The van der Waals surface area contributed by atoms with E-state index in [2.05, 4.69) is 28.8 Å². The van der Waals surface area contributed by atoms with Gasteiger partial charge in [0.1, 0.15) is 0 Å². The van der Waals surface area contributed by atoms with Crippen molar-refractivity contribution >= 4 is 30.1 Å². The van der Waals surface area contributed by atoms with Gasteiger partial charge in [0, 0.05) is 19.6 Å². The molecular formula is C14H19ClN2OS. The highest BCUT2D eigenvalue weighted by Gasteiger charge is 2.22. The van der Waals surface area contributed by atoms with E-state index in [-0.39, 0.29) is 23.6 Å². The monoisotopic (exact) mass is 298 g/mol. The summed E-state index contributed by atoms with van der Waals surface area (Å²) in [4.78, 5) is 11.9. The average Bonchev–Trinajstić information content (AvgIpc) is 3.05. The summed E-state index contributed by atoms with van der Waals surface area (Å²) in [6, 6.07) is 6.49. The van der Waals surface area contributed by atoms with Crippen LogP contribution >= 0.6 is 24.2 Å². The molecule has 0 saturated carbocycles. The number of carbonyl (C=O) groups is 1. The normalized spacial score (nSPS) is 20.7. The number of amides is 1. The summed E-state index contributed by atoms with van der Waals surface area (Å²) in [5, 5.41) is 6.57. The Morgan fingerprint density at radius 3 is 3.00 bits per heavy atom. The molecule has 1 unspecified atom stereocenters. The van der Waals surface area contributed by atoms with Crippen LogP contribution in [0.25, 0.3) is 0 Å². The molecule has 0 bridgehead atoms. The largest absolute Gasteiger partial charge is 0.351 e. The van der Waals surface area contributed by atoms with E-state index >= 15 is 0 Å². The van der Waals surface area contributed by atoms with E-state index in [1.165, 1.54) is 23.1 Å². The summed E-state index contributed by atoms with van der Waals surface area (Å²) in [5.74, 6) is 1.33. The van der Waals surface area contributed by atoms with E-state index in [9.17, 15) is 4.79 Å². The molecule has 1 aromatic carbocycles. The fourth-order valence-electron chi connectivity index (χ4n) is 2.55. The second-order valence-corrected chi connectivity index (χ2v) is 6.24. The highest BCUT2D eigenvalue weighted by atomic mass is 35.5. The standard InChI is InChI=1S/C14H18N2OS.ClH/c17-14(13-2-1-5-18-13)16-7-10-3-4-11-8-15-9-12(11)6-10;/h3-4,6,13,15H,1-2,5,7-9H2,(H,16,17);1H. The summed E-state index contributed by atoms with van der Waals surface area (Å²) >= 11 is 1.78. The van der Waals surface area contributed by atoms with Crippen molar-refractivity contribution in [3.8, 4) is 0 Å². The number of thioether (sulfide) groups is 1. The summed E-state index contributed by atoms with van der Waals surface area (Å²) in [6.45, 7) is 2.58. The zero-order valence-corrected chi connectivity index (χ0v) is 12.4. The van der Waals surface area contributed by atoms with Crippen molar-refractivity contribution in [2.24, 2.45) is 0 Å². The Labute approximate surface area is 124 Å². The molecule has 2 aliphatic rings. The molecule has 1 saturated heterocycles. The Kier molecular flexibility index (Phi) is 5.13. The topological polar surface area (TPSA) is 41.1 Å². The third-order valence-electron chi connectivity index (χ3n) is 3.59. The van der Waals surface area contributed by atoms with Gasteiger partial charge in [-0.05, 0) is 35.3 Å². The Bertz CT molecular complexity index is 461. The number of rotatable bonds is 3. The lowest BCUT2D eigenvalue weighted by Crippen LogP contribution is -2.30. The highest BCUT2D eigenvalue weighted by Crippen LogP contribution is 2.26. The van der Waals surface area contributed by atoms with Gasteiger partial charge in [-0.2, -0.15) is 0 Å². The molecule has 0 aliphatic carbocycles. The molecule has 2 heterocycles. The van der Waals surface area contributed by atoms with Gasteiger partial charge < -0.3 is 10.6 Å². The van der Waals surface area contributed by atoms with Crippen molar-refractivity contribution in [2.45, 2.75) is 37.7 Å². The molecule has 0 radical (unpaired) electrons. The molecule has 5 heteroatoms. The predicted molar refractivity (Wildman–Crippen MR) is 81.6 cm³/mol. The maximum Gasteiger partial charge on any atom is 0.233 e. The first kappa shape index (κ1) is 14.7. The van der Waals surface area contributed by atoms with E-state index in [0.717, 1.165) is 25.3 Å². The average molecular weight is 299 g/mol. The number of nitrogens with one attached hydrogen (secondary N) is 2. The molecule has 3 rings (SSSR count). The SMILES string of the molecule is Cl.O=C(NCc1ccc2c(c1)CNC2)C1CCCS1. The number of benzene rings is 1. The quantitative estimate of drug-likeness (QED) is 0.899. The lowest BCUT2D eigenvalue weighted by molar-refractivity contribution is -0.120. The predicted octanol–water partition coefficient (Wildman–Crippen LogP) is 2.22. The summed E-state index contributed by atoms with van der Waals surface area (Å²) in [7, 11) is 0. The van der Waals surface area contributed by atoms with Crippen LogP contribution in [-0.4, -0.2) is 16.9 Å². The van der Waals surface area contributed by atoms with Gasteiger partial charge >= 0.3 is 0 Å². The van der Waals surface area contributed by atoms with Crippen LogP contribution in [-0.2, 0) is 24.4 Å². The van der Waals surface area contributed by atoms with E-state index in [1.54, 1.807) is 11.8 Å². The van der Waals surface area contributed by atoms with Gasteiger partial charge in [0.15, 0.2) is 0 Å². The molecule has 0 aromatic heterocycles. The maximum atomic E-state index is 11.9. The number of hydrogen-bond acceptors (Lipinski definition) is 3. The van der Waals surface area contributed by atoms with Crippen molar-refractivity contribution in [2.75, 3.05) is 5.75 Å². The van der Waals surface area contributed by atoms with Crippen molar-refractivity contribution in [1.82, 2.24) is 10.6 Å². The van der Waals surface area contributed by atoms with Gasteiger partial charge in [-0.25, -0.2) is 0 Å². The Morgan fingerprint density at radius 2 is 2.21 bits per heavy atom. The minimum atomic E-state index is 0. The van der Waals surface area contributed by atoms with Gasteiger partial charge in [0.05, 0.1) is 5.25 Å². The van der Waals surface area contributed by atoms with Crippen molar-refractivity contribution < 1.29 is 4.79 Å². The second kappa shape index (κ2) is 6.64. The molecule has 3 nitrogen and oxygen atoms in total. The zero-order chi connectivity index (χ0) is 12.4. The van der Waals surface area contributed by atoms with Crippen LogP contribution in [0, 0.1) is 0 Å². The second-order valence-electron chi connectivity index (χ2n) is 4.93. The Morgan fingerprint density at radius 1 is 1.37 bits per heavy atom. The fraction of sp³-hybridized carbons (Fsp3) is 0.500. The molecule has 1 aromatic rings. The van der Waals surface area contributed by atoms with E-state index < -0.39 is 0 Å². The summed E-state index contributed by atoms with van der Waals surface area (Å²) in [5.41, 5.74) is 3.96. The van der Waals surface area contributed by atoms with Crippen LogP contribution in [0.3, 0.4) is 0 Å². The van der Waals surface area contributed by atoms with Crippen LogP contribution in [0.4, 0.5) is 0 Å². The van der Waals surface area contributed by atoms with Crippen LogP contribution in [0.15, 0.2) is 18.2 Å². The van der Waals surface area contributed by atoms with Gasteiger partial charge in [-0.15, -0.1) is 24.2 Å². The Balaban J connectivity index is 0.00000133. The van der Waals surface area contributed by atoms with Gasteiger partial charge in [-0.1, -0.05) is 18.2 Å². The molecular weight excluding hydrogens is 280 g/mol. The summed E-state index contributed by atoms with van der Waals surface area (Å²) in [6.07, 6.45) is 2.21. The van der Waals surface area contributed by atoms with Gasteiger partial charge in [0.2, 0.25) is 5.91 Å². The molecule has 1 fully saturated rings. The number of fused-ring (bicyclic) bond motifs is 1. The van der Waals surface area contributed by atoms with Crippen LogP contribution in [0.1, 0.15) is 29.5 Å². The molecule has 0 spiro atoms. The van der Waals surface area contributed by atoms with E-state index in [1.807, 2.05) is 0 Å². The smallest absolute Gasteiger partial charge is 0.233 e. The highest BCUT2D eigenvalue weighted by molar-refractivity contribution is 8.00. The van der Waals surface area contributed by atoms with Gasteiger partial charge in [-0.3, -0.25) is 4.79 Å². The maximum absolute atomic E-state index is 11.9. The fourth-order valence-corrected chi connectivity index (χ4v) is 3.73. The minimum Gasteiger partial charge on any atom is -0.351 e. The molecule has 1 amide bonds. The number of halogens is 1.